The smallest absolute Gasteiger partial charge is 0.260 e. The SMILES string of the molecule is CS1(=O)=NC(=O)Cc2ncccc21. The third-order valence-electron chi connectivity index (χ3n) is 1.85. The highest BCUT2D eigenvalue weighted by molar-refractivity contribution is 7.93. The molecule has 0 saturated carbocycles. The molecule has 0 spiro atoms. The Labute approximate surface area is 76.2 Å². The highest BCUT2D eigenvalue weighted by Gasteiger charge is 2.21. The van der Waals surface area contributed by atoms with Crippen molar-refractivity contribution in [2.24, 2.45) is 4.36 Å². The van der Waals surface area contributed by atoms with Crippen molar-refractivity contribution in [3.63, 3.8) is 0 Å². The molecule has 0 radical (unpaired) electrons. The van der Waals surface area contributed by atoms with E-state index in [2.05, 4.69) is 9.35 Å². The van der Waals surface area contributed by atoms with E-state index in [1.807, 2.05) is 0 Å². The van der Waals surface area contributed by atoms with Crippen LogP contribution in [0.4, 0.5) is 0 Å². The summed E-state index contributed by atoms with van der Waals surface area (Å²) in [6.07, 6.45) is 3.22. The molecule has 4 nitrogen and oxygen atoms in total. The normalized spacial score (nSPS) is 26.4. The average molecular weight is 196 g/mol. The summed E-state index contributed by atoms with van der Waals surface area (Å²) in [5, 5.41) is 0. The first-order chi connectivity index (χ1) is 6.09. The van der Waals surface area contributed by atoms with Gasteiger partial charge in [-0.25, -0.2) is 4.21 Å². The van der Waals surface area contributed by atoms with Gasteiger partial charge in [0.1, 0.15) is 0 Å². The number of fused-ring (bicyclic) bond motifs is 1. The summed E-state index contributed by atoms with van der Waals surface area (Å²) in [6, 6.07) is 3.41. The van der Waals surface area contributed by atoms with Crippen LogP contribution in [0.3, 0.4) is 0 Å². The molecule has 0 fully saturated rings. The number of pyridine rings is 1. The third kappa shape index (κ3) is 1.35. The summed E-state index contributed by atoms with van der Waals surface area (Å²) in [4.78, 5) is 15.7. The number of carbonyl (C=O) groups excluding carboxylic acids is 1. The molecule has 1 aromatic rings. The maximum Gasteiger partial charge on any atom is 0.260 e. The van der Waals surface area contributed by atoms with Gasteiger partial charge in [0.05, 0.1) is 26.7 Å². The highest BCUT2D eigenvalue weighted by atomic mass is 32.2. The molecule has 1 atom stereocenters. The Balaban J connectivity index is 2.77. The number of hydrogen-bond acceptors (Lipinski definition) is 3. The second kappa shape index (κ2) is 2.63. The van der Waals surface area contributed by atoms with Gasteiger partial charge in [-0.05, 0) is 12.1 Å². The molecule has 1 aromatic heterocycles. The molecular formula is C8H8N2O2S. The number of amides is 1. The summed E-state index contributed by atoms with van der Waals surface area (Å²) in [5.41, 5.74) is 0.593. The van der Waals surface area contributed by atoms with E-state index in [4.69, 9.17) is 0 Å². The van der Waals surface area contributed by atoms with Gasteiger partial charge < -0.3 is 0 Å². The van der Waals surface area contributed by atoms with Gasteiger partial charge in [0, 0.05) is 12.5 Å². The van der Waals surface area contributed by atoms with Crippen molar-refractivity contribution >= 4 is 15.6 Å². The molecule has 5 heteroatoms. The molecular weight excluding hydrogens is 188 g/mol. The third-order valence-corrected chi connectivity index (χ3v) is 3.59. The second-order valence-corrected chi connectivity index (χ2v) is 5.14. The van der Waals surface area contributed by atoms with Crippen molar-refractivity contribution < 1.29 is 9.00 Å². The molecule has 1 amide bonds. The average Bonchev–Trinajstić information content (AvgIpc) is 2.02. The highest BCUT2D eigenvalue weighted by Crippen LogP contribution is 2.20. The van der Waals surface area contributed by atoms with Gasteiger partial charge in [-0.2, -0.15) is 4.36 Å². The van der Waals surface area contributed by atoms with Crippen molar-refractivity contribution in [3.8, 4) is 0 Å². The Morgan fingerprint density at radius 1 is 1.54 bits per heavy atom. The van der Waals surface area contributed by atoms with Crippen molar-refractivity contribution in [1.29, 1.82) is 0 Å². The van der Waals surface area contributed by atoms with Crippen LogP contribution in [-0.4, -0.2) is 21.4 Å². The topological polar surface area (TPSA) is 59.4 Å². The van der Waals surface area contributed by atoms with E-state index in [1.165, 1.54) is 6.26 Å². The van der Waals surface area contributed by atoms with Crippen LogP contribution in [0.25, 0.3) is 0 Å². The Bertz CT molecular complexity index is 487. The molecule has 2 heterocycles. The zero-order chi connectivity index (χ0) is 9.47. The van der Waals surface area contributed by atoms with E-state index in [0.717, 1.165) is 0 Å². The van der Waals surface area contributed by atoms with Crippen molar-refractivity contribution in [2.75, 3.05) is 6.26 Å². The molecule has 2 rings (SSSR count). The Morgan fingerprint density at radius 2 is 2.31 bits per heavy atom. The van der Waals surface area contributed by atoms with Crippen LogP contribution >= 0.6 is 0 Å². The zero-order valence-corrected chi connectivity index (χ0v) is 7.87. The molecule has 0 N–H and O–H groups in total. The van der Waals surface area contributed by atoms with Crippen LogP contribution in [0.1, 0.15) is 5.69 Å². The number of rotatable bonds is 0. The van der Waals surface area contributed by atoms with Crippen LogP contribution < -0.4 is 0 Å². The molecule has 1 unspecified atom stereocenters. The van der Waals surface area contributed by atoms with Gasteiger partial charge >= 0.3 is 0 Å². The van der Waals surface area contributed by atoms with Crippen LogP contribution in [-0.2, 0) is 20.9 Å². The molecule has 0 bridgehead atoms. The maximum absolute atomic E-state index is 11.8. The summed E-state index contributed by atoms with van der Waals surface area (Å²) < 4.78 is 15.4. The number of aromatic nitrogens is 1. The number of carbonyl (C=O) groups is 1. The monoisotopic (exact) mass is 196 g/mol. The van der Waals surface area contributed by atoms with Crippen LogP contribution in [0.2, 0.25) is 0 Å². The van der Waals surface area contributed by atoms with Gasteiger partial charge in [-0.15, -0.1) is 0 Å². The van der Waals surface area contributed by atoms with Gasteiger partial charge in [0.2, 0.25) is 0 Å². The minimum absolute atomic E-state index is 0.168. The Kier molecular flexibility index (Phi) is 1.69. The first-order valence-electron chi connectivity index (χ1n) is 3.78. The van der Waals surface area contributed by atoms with E-state index in [-0.39, 0.29) is 12.3 Å². The minimum atomic E-state index is -2.53. The van der Waals surface area contributed by atoms with Crippen LogP contribution in [0, 0.1) is 0 Å². The van der Waals surface area contributed by atoms with Crippen LogP contribution in [0.15, 0.2) is 27.6 Å². The van der Waals surface area contributed by atoms with Crippen molar-refractivity contribution in [1.82, 2.24) is 4.98 Å². The van der Waals surface area contributed by atoms with E-state index in [9.17, 15) is 9.00 Å². The standard InChI is InChI=1S/C8H8N2O2S/c1-13(12)7-3-2-4-9-6(7)5-8(11)10-13/h2-4H,5H2,1H3. The lowest BCUT2D eigenvalue weighted by Gasteiger charge is -2.12. The fraction of sp³-hybridized carbons (Fsp3) is 0.250. The van der Waals surface area contributed by atoms with Crippen molar-refractivity contribution in [2.45, 2.75) is 11.3 Å². The van der Waals surface area contributed by atoms with Gasteiger partial charge in [0.15, 0.2) is 0 Å². The lowest BCUT2D eigenvalue weighted by Crippen LogP contribution is -2.16. The summed E-state index contributed by atoms with van der Waals surface area (Å²) in [5.74, 6) is -0.348. The summed E-state index contributed by atoms with van der Waals surface area (Å²) >= 11 is 0. The molecule has 13 heavy (non-hydrogen) atoms. The predicted octanol–water partition coefficient (Wildman–Crippen LogP) is 0.621. The summed E-state index contributed by atoms with van der Waals surface area (Å²) in [6.45, 7) is 0. The van der Waals surface area contributed by atoms with Gasteiger partial charge in [-0.1, -0.05) is 0 Å². The first kappa shape index (κ1) is 8.37. The van der Waals surface area contributed by atoms with Gasteiger partial charge in [-0.3, -0.25) is 9.78 Å². The minimum Gasteiger partial charge on any atom is -0.271 e. The molecule has 0 aromatic carbocycles. The Morgan fingerprint density at radius 3 is 3.08 bits per heavy atom. The molecule has 0 aliphatic carbocycles. The fourth-order valence-corrected chi connectivity index (χ4v) is 2.76. The molecule has 1 aliphatic rings. The van der Waals surface area contributed by atoms with E-state index in [1.54, 1.807) is 18.3 Å². The van der Waals surface area contributed by atoms with E-state index >= 15 is 0 Å². The second-order valence-electron chi connectivity index (χ2n) is 2.91. The Hall–Kier alpha value is -1.23. The zero-order valence-electron chi connectivity index (χ0n) is 7.06. The first-order valence-corrected chi connectivity index (χ1v) is 5.71. The van der Waals surface area contributed by atoms with Crippen molar-refractivity contribution in [3.05, 3.63) is 24.0 Å². The maximum atomic E-state index is 11.8. The van der Waals surface area contributed by atoms with Gasteiger partial charge in [0.25, 0.3) is 5.91 Å². The summed E-state index contributed by atoms with van der Waals surface area (Å²) in [7, 11) is -2.53. The fourth-order valence-electron chi connectivity index (χ4n) is 1.32. The number of hydrogen-bond donors (Lipinski definition) is 0. The quantitative estimate of drug-likeness (QED) is 0.611. The van der Waals surface area contributed by atoms with Crippen LogP contribution in [0.5, 0.6) is 0 Å². The lowest BCUT2D eigenvalue weighted by molar-refractivity contribution is -0.117. The van der Waals surface area contributed by atoms with E-state index < -0.39 is 9.73 Å². The number of nitrogens with zero attached hydrogens (tertiary/aromatic N) is 2. The predicted molar refractivity (Wildman–Crippen MR) is 47.7 cm³/mol. The molecule has 0 saturated heterocycles. The largest absolute Gasteiger partial charge is 0.271 e. The lowest BCUT2D eigenvalue weighted by atomic mass is 10.2. The van der Waals surface area contributed by atoms with E-state index in [0.29, 0.717) is 10.6 Å². The molecule has 68 valence electrons. The molecule has 1 aliphatic heterocycles.